The fraction of sp³-hybridized carbons (Fsp3) is 0.583. The van der Waals surface area contributed by atoms with E-state index in [-0.39, 0.29) is 0 Å². The van der Waals surface area contributed by atoms with E-state index in [1.54, 1.807) is 11.3 Å². The van der Waals surface area contributed by atoms with Crippen molar-refractivity contribution in [2.75, 3.05) is 19.6 Å². The van der Waals surface area contributed by atoms with Crippen LogP contribution in [0.25, 0.3) is 0 Å². The molecule has 2 N–H and O–H groups in total. The van der Waals surface area contributed by atoms with E-state index in [0.29, 0.717) is 10.9 Å². The molecule has 1 aliphatic heterocycles. The summed E-state index contributed by atoms with van der Waals surface area (Å²) in [6.07, 6.45) is 3.55. The molecular weight excluding hydrogens is 236 g/mol. The van der Waals surface area contributed by atoms with Crippen molar-refractivity contribution in [3.63, 3.8) is 0 Å². The molecule has 1 atom stereocenters. The van der Waals surface area contributed by atoms with E-state index in [4.69, 9.17) is 18.0 Å². The molecule has 2 nitrogen and oxygen atoms in total. The Labute approximate surface area is 106 Å². The molecule has 4 heteroatoms. The highest BCUT2D eigenvalue weighted by atomic mass is 32.1. The van der Waals surface area contributed by atoms with Crippen LogP contribution in [0.5, 0.6) is 0 Å². The lowest BCUT2D eigenvalue weighted by Crippen LogP contribution is -2.41. The zero-order chi connectivity index (χ0) is 11.4. The van der Waals surface area contributed by atoms with E-state index in [1.807, 2.05) is 0 Å². The Bertz CT molecular complexity index is 335. The van der Waals surface area contributed by atoms with Crippen molar-refractivity contribution in [2.45, 2.75) is 19.3 Å². The van der Waals surface area contributed by atoms with Gasteiger partial charge in [-0.05, 0) is 48.2 Å². The number of hydrogen-bond acceptors (Lipinski definition) is 3. The van der Waals surface area contributed by atoms with Gasteiger partial charge in [0.25, 0.3) is 0 Å². The largest absolute Gasteiger partial charge is 0.393 e. The molecule has 0 bridgehead atoms. The first-order chi connectivity index (χ1) is 7.75. The zero-order valence-corrected chi connectivity index (χ0v) is 11.0. The third-order valence-electron chi connectivity index (χ3n) is 3.20. The van der Waals surface area contributed by atoms with Crippen LogP contribution in [-0.2, 0) is 6.42 Å². The minimum absolute atomic E-state index is 0.436. The van der Waals surface area contributed by atoms with Crippen LogP contribution in [0.15, 0.2) is 16.8 Å². The average Bonchev–Trinajstić information content (AvgIpc) is 2.79. The smallest absolute Gasteiger partial charge is 0.0771 e. The standard InChI is InChI=1S/C12H18N2S2/c13-12(15)11-2-1-5-14(8-11)6-3-10-4-7-16-9-10/h4,7,9,11H,1-3,5-6,8H2,(H2,13,15). The summed E-state index contributed by atoms with van der Waals surface area (Å²) in [6, 6.07) is 2.21. The summed E-state index contributed by atoms with van der Waals surface area (Å²) in [7, 11) is 0. The minimum atomic E-state index is 0.436. The van der Waals surface area contributed by atoms with E-state index in [1.165, 1.54) is 24.9 Å². The van der Waals surface area contributed by atoms with E-state index in [9.17, 15) is 0 Å². The summed E-state index contributed by atoms with van der Waals surface area (Å²) in [4.78, 5) is 3.19. The zero-order valence-electron chi connectivity index (χ0n) is 9.39. The second-order valence-electron chi connectivity index (χ2n) is 4.42. The van der Waals surface area contributed by atoms with Crippen molar-refractivity contribution in [3.8, 4) is 0 Å². The molecule has 1 aromatic heterocycles. The second kappa shape index (κ2) is 5.75. The third kappa shape index (κ3) is 3.27. The lowest BCUT2D eigenvalue weighted by molar-refractivity contribution is 0.207. The molecule has 1 saturated heterocycles. The second-order valence-corrected chi connectivity index (χ2v) is 5.68. The van der Waals surface area contributed by atoms with Crippen LogP contribution in [0.4, 0.5) is 0 Å². The quantitative estimate of drug-likeness (QED) is 0.836. The molecule has 16 heavy (non-hydrogen) atoms. The molecule has 0 saturated carbocycles. The number of piperidine rings is 1. The van der Waals surface area contributed by atoms with Gasteiger partial charge in [0.1, 0.15) is 0 Å². The van der Waals surface area contributed by atoms with Crippen LogP contribution in [0.3, 0.4) is 0 Å². The number of thiocarbonyl (C=S) groups is 1. The number of rotatable bonds is 4. The summed E-state index contributed by atoms with van der Waals surface area (Å²) >= 11 is 6.86. The first kappa shape index (κ1) is 12.0. The first-order valence-corrected chi connectivity index (χ1v) is 7.13. The highest BCUT2D eigenvalue weighted by Crippen LogP contribution is 2.17. The molecule has 0 radical (unpaired) electrons. The molecule has 88 valence electrons. The van der Waals surface area contributed by atoms with E-state index in [2.05, 4.69) is 21.7 Å². The van der Waals surface area contributed by atoms with Crippen LogP contribution in [-0.4, -0.2) is 29.5 Å². The van der Waals surface area contributed by atoms with Crippen molar-refractivity contribution in [1.82, 2.24) is 4.90 Å². The van der Waals surface area contributed by atoms with Crippen molar-refractivity contribution < 1.29 is 0 Å². The van der Waals surface area contributed by atoms with Crippen molar-refractivity contribution >= 4 is 28.5 Å². The average molecular weight is 254 g/mol. The van der Waals surface area contributed by atoms with Crippen LogP contribution < -0.4 is 5.73 Å². The van der Waals surface area contributed by atoms with Gasteiger partial charge in [0.15, 0.2) is 0 Å². The maximum absolute atomic E-state index is 5.73. The summed E-state index contributed by atoms with van der Waals surface area (Å²) < 4.78 is 0. The summed E-state index contributed by atoms with van der Waals surface area (Å²) in [5, 5.41) is 4.37. The summed E-state index contributed by atoms with van der Waals surface area (Å²) in [5.74, 6) is 0.436. The van der Waals surface area contributed by atoms with Crippen molar-refractivity contribution in [3.05, 3.63) is 22.4 Å². The molecule has 0 aromatic carbocycles. The first-order valence-electron chi connectivity index (χ1n) is 5.78. The van der Waals surface area contributed by atoms with Gasteiger partial charge in [-0.15, -0.1) is 0 Å². The van der Waals surface area contributed by atoms with Gasteiger partial charge >= 0.3 is 0 Å². The lowest BCUT2D eigenvalue weighted by atomic mass is 9.98. The van der Waals surface area contributed by atoms with Crippen LogP contribution in [0.2, 0.25) is 0 Å². The van der Waals surface area contributed by atoms with Gasteiger partial charge in [-0.25, -0.2) is 0 Å². The number of nitrogens with zero attached hydrogens (tertiary/aromatic N) is 1. The molecule has 2 heterocycles. The monoisotopic (exact) mass is 254 g/mol. The van der Waals surface area contributed by atoms with Gasteiger partial charge in [0, 0.05) is 19.0 Å². The highest BCUT2D eigenvalue weighted by molar-refractivity contribution is 7.80. The summed E-state index contributed by atoms with van der Waals surface area (Å²) in [6.45, 7) is 3.39. The van der Waals surface area contributed by atoms with E-state index < -0.39 is 0 Å². The topological polar surface area (TPSA) is 29.3 Å². The Balaban J connectivity index is 1.79. The number of hydrogen-bond donors (Lipinski definition) is 1. The highest BCUT2D eigenvalue weighted by Gasteiger charge is 2.21. The van der Waals surface area contributed by atoms with Gasteiger partial charge in [0.2, 0.25) is 0 Å². The molecule has 1 aliphatic rings. The maximum Gasteiger partial charge on any atom is 0.0771 e. The number of likely N-dealkylation sites (tertiary alicyclic amines) is 1. The van der Waals surface area contributed by atoms with E-state index in [0.717, 1.165) is 19.5 Å². The minimum Gasteiger partial charge on any atom is -0.393 e. The van der Waals surface area contributed by atoms with Gasteiger partial charge in [0.05, 0.1) is 4.99 Å². The summed E-state index contributed by atoms with van der Waals surface area (Å²) in [5.41, 5.74) is 7.17. The lowest BCUT2D eigenvalue weighted by Gasteiger charge is -2.32. The fourth-order valence-corrected chi connectivity index (χ4v) is 3.11. The Hall–Kier alpha value is -0.450. The van der Waals surface area contributed by atoms with E-state index >= 15 is 0 Å². The molecule has 0 amide bonds. The number of thiophene rings is 1. The van der Waals surface area contributed by atoms with Gasteiger partial charge in [-0.1, -0.05) is 12.2 Å². The maximum atomic E-state index is 5.73. The molecule has 1 aromatic rings. The molecular formula is C12H18N2S2. The predicted octanol–water partition coefficient (Wildman–Crippen LogP) is 2.29. The van der Waals surface area contributed by atoms with Gasteiger partial charge in [-0.2, -0.15) is 11.3 Å². The third-order valence-corrected chi connectivity index (χ3v) is 4.27. The Morgan fingerprint density at radius 2 is 2.50 bits per heavy atom. The van der Waals surface area contributed by atoms with Crippen LogP contribution >= 0.6 is 23.6 Å². The van der Waals surface area contributed by atoms with Crippen LogP contribution in [0.1, 0.15) is 18.4 Å². The molecule has 0 spiro atoms. The van der Waals surface area contributed by atoms with Crippen LogP contribution in [0, 0.1) is 5.92 Å². The van der Waals surface area contributed by atoms with Crippen molar-refractivity contribution in [1.29, 1.82) is 0 Å². The Morgan fingerprint density at radius 3 is 3.19 bits per heavy atom. The Kier molecular flexibility index (Phi) is 4.32. The van der Waals surface area contributed by atoms with Gasteiger partial charge in [-0.3, -0.25) is 0 Å². The predicted molar refractivity (Wildman–Crippen MR) is 74.0 cm³/mol. The SMILES string of the molecule is NC(=S)C1CCCN(CCc2ccsc2)C1. The Morgan fingerprint density at radius 1 is 1.62 bits per heavy atom. The molecule has 0 aliphatic carbocycles. The normalized spacial score (nSPS) is 22.1. The molecule has 1 unspecified atom stereocenters. The van der Waals surface area contributed by atoms with Crippen molar-refractivity contribution in [2.24, 2.45) is 11.7 Å². The fourth-order valence-electron chi connectivity index (χ4n) is 2.21. The van der Waals surface area contributed by atoms with Gasteiger partial charge < -0.3 is 10.6 Å². The number of nitrogens with two attached hydrogens (primary N) is 1. The molecule has 2 rings (SSSR count). The molecule has 1 fully saturated rings.